The highest BCUT2D eigenvalue weighted by Gasteiger charge is 2.13. The summed E-state index contributed by atoms with van der Waals surface area (Å²) >= 11 is 0. The lowest BCUT2D eigenvalue weighted by atomic mass is 9.94. The second-order valence-electron chi connectivity index (χ2n) is 6.16. The van der Waals surface area contributed by atoms with Crippen LogP contribution in [0.25, 0.3) is 33.2 Å². The van der Waals surface area contributed by atoms with Gasteiger partial charge < -0.3 is 4.74 Å². The van der Waals surface area contributed by atoms with E-state index in [-0.39, 0.29) is 0 Å². The van der Waals surface area contributed by atoms with Crippen molar-refractivity contribution in [2.75, 3.05) is 7.11 Å². The zero-order valence-corrected chi connectivity index (χ0v) is 14.4. The van der Waals surface area contributed by atoms with E-state index in [9.17, 15) is 0 Å². The number of fused-ring (bicyclic) bond motifs is 1. The highest BCUT2D eigenvalue weighted by atomic mass is 16.5. The molecule has 4 rings (SSSR count). The Morgan fingerprint density at radius 1 is 0.760 bits per heavy atom. The lowest BCUT2D eigenvalue weighted by Crippen LogP contribution is -1.92. The molecule has 0 saturated heterocycles. The zero-order chi connectivity index (χ0) is 17.2. The van der Waals surface area contributed by atoms with Crippen LogP contribution in [-0.2, 0) is 0 Å². The Morgan fingerprint density at radius 2 is 1.44 bits per heavy atom. The minimum Gasteiger partial charge on any atom is -0.497 e. The van der Waals surface area contributed by atoms with Gasteiger partial charge in [-0.3, -0.25) is 4.98 Å². The molecule has 0 atom stereocenters. The Balaban J connectivity index is 2.00. The molecule has 122 valence electrons. The van der Waals surface area contributed by atoms with Crippen LogP contribution in [0.2, 0.25) is 0 Å². The summed E-state index contributed by atoms with van der Waals surface area (Å²) in [5.74, 6) is 0.849. The maximum absolute atomic E-state index is 5.28. The molecule has 1 aromatic heterocycles. The van der Waals surface area contributed by atoms with Crippen molar-refractivity contribution in [1.82, 2.24) is 4.98 Å². The molecular weight excluding hydrogens is 306 g/mol. The summed E-state index contributed by atoms with van der Waals surface area (Å²) in [6.45, 7) is 2.11. The Hall–Kier alpha value is -3.13. The van der Waals surface area contributed by atoms with E-state index in [1.165, 1.54) is 22.1 Å². The fourth-order valence-electron chi connectivity index (χ4n) is 3.14. The smallest absolute Gasteiger partial charge is 0.118 e. The molecule has 0 aliphatic heterocycles. The lowest BCUT2D eigenvalue weighted by molar-refractivity contribution is 0.415. The van der Waals surface area contributed by atoms with Crippen LogP contribution in [0, 0.1) is 6.92 Å². The molecule has 2 heteroatoms. The topological polar surface area (TPSA) is 22.1 Å². The van der Waals surface area contributed by atoms with Crippen molar-refractivity contribution in [3.63, 3.8) is 0 Å². The molecule has 0 radical (unpaired) electrons. The molecule has 0 aliphatic rings. The molecule has 25 heavy (non-hydrogen) atoms. The molecule has 0 saturated carbocycles. The standard InChI is InChI=1S/C23H19NO/c1-16-7-9-17(10-8-16)22-21-6-4-3-5-19(21)15-24-23(22)18-11-13-20(25-2)14-12-18/h3-15H,1-2H3. The maximum Gasteiger partial charge on any atom is 0.118 e. The second kappa shape index (κ2) is 6.40. The predicted molar refractivity (Wildman–Crippen MR) is 104 cm³/mol. The van der Waals surface area contributed by atoms with Crippen molar-refractivity contribution in [2.45, 2.75) is 6.92 Å². The van der Waals surface area contributed by atoms with Gasteiger partial charge in [-0.05, 0) is 42.1 Å². The fourth-order valence-corrected chi connectivity index (χ4v) is 3.14. The van der Waals surface area contributed by atoms with E-state index in [1.807, 2.05) is 18.3 Å². The molecule has 0 bridgehead atoms. The van der Waals surface area contributed by atoms with Crippen LogP contribution in [0.15, 0.2) is 79.0 Å². The van der Waals surface area contributed by atoms with Crippen molar-refractivity contribution in [3.8, 4) is 28.1 Å². The van der Waals surface area contributed by atoms with Crippen LogP contribution >= 0.6 is 0 Å². The van der Waals surface area contributed by atoms with E-state index in [4.69, 9.17) is 9.72 Å². The van der Waals surface area contributed by atoms with Crippen molar-refractivity contribution < 1.29 is 4.74 Å². The first-order valence-electron chi connectivity index (χ1n) is 8.35. The average Bonchev–Trinajstić information content (AvgIpc) is 2.68. The third-order valence-electron chi connectivity index (χ3n) is 4.50. The second-order valence-corrected chi connectivity index (χ2v) is 6.16. The first kappa shape index (κ1) is 15.4. The van der Waals surface area contributed by atoms with E-state index < -0.39 is 0 Å². The molecular formula is C23H19NO. The van der Waals surface area contributed by atoms with Gasteiger partial charge in [0.25, 0.3) is 0 Å². The Labute approximate surface area is 147 Å². The number of rotatable bonds is 3. The van der Waals surface area contributed by atoms with Gasteiger partial charge in [0.05, 0.1) is 12.8 Å². The van der Waals surface area contributed by atoms with Crippen LogP contribution in [0.3, 0.4) is 0 Å². The van der Waals surface area contributed by atoms with E-state index in [0.29, 0.717) is 0 Å². The van der Waals surface area contributed by atoms with Gasteiger partial charge in [-0.25, -0.2) is 0 Å². The summed E-state index contributed by atoms with van der Waals surface area (Å²) < 4.78 is 5.28. The summed E-state index contributed by atoms with van der Waals surface area (Å²) in [4.78, 5) is 4.79. The highest BCUT2D eigenvalue weighted by Crippen LogP contribution is 2.36. The van der Waals surface area contributed by atoms with Crippen molar-refractivity contribution in [3.05, 3.63) is 84.6 Å². The number of benzene rings is 3. The molecule has 1 heterocycles. The Kier molecular flexibility index (Phi) is 3.95. The number of methoxy groups -OCH3 is 1. The van der Waals surface area contributed by atoms with E-state index in [1.54, 1.807) is 7.11 Å². The van der Waals surface area contributed by atoms with Gasteiger partial charge in [-0.15, -0.1) is 0 Å². The number of ether oxygens (including phenoxy) is 1. The summed E-state index contributed by atoms with van der Waals surface area (Å²) in [7, 11) is 1.68. The molecule has 0 aliphatic carbocycles. The van der Waals surface area contributed by atoms with E-state index in [2.05, 4.69) is 67.6 Å². The SMILES string of the molecule is COc1ccc(-c2ncc3ccccc3c2-c2ccc(C)cc2)cc1. The fraction of sp³-hybridized carbons (Fsp3) is 0.0870. The average molecular weight is 325 g/mol. The van der Waals surface area contributed by atoms with Crippen molar-refractivity contribution in [1.29, 1.82) is 0 Å². The molecule has 2 nitrogen and oxygen atoms in total. The number of pyridine rings is 1. The largest absolute Gasteiger partial charge is 0.497 e. The summed E-state index contributed by atoms with van der Waals surface area (Å²) in [6.07, 6.45) is 1.95. The predicted octanol–water partition coefficient (Wildman–Crippen LogP) is 5.89. The number of hydrogen-bond acceptors (Lipinski definition) is 2. The number of nitrogens with zero attached hydrogens (tertiary/aromatic N) is 1. The maximum atomic E-state index is 5.28. The molecule has 0 N–H and O–H groups in total. The molecule has 0 amide bonds. The quantitative estimate of drug-likeness (QED) is 0.469. The zero-order valence-electron chi connectivity index (χ0n) is 14.4. The lowest BCUT2D eigenvalue weighted by Gasteiger charge is -2.13. The molecule has 0 unspecified atom stereocenters. The van der Waals surface area contributed by atoms with Gasteiger partial charge in [-0.2, -0.15) is 0 Å². The third-order valence-corrected chi connectivity index (χ3v) is 4.50. The number of hydrogen-bond donors (Lipinski definition) is 0. The monoisotopic (exact) mass is 325 g/mol. The Bertz CT molecular complexity index is 1020. The molecule has 0 spiro atoms. The third kappa shape index (κ3) is 2.87. The molecule has 0 fully saturated rings. The minimum absolute atomic E-state index is 0.849. The summed E-state index contributed by atoms with van der Waals surface area (Å²) in [5.41, 5.74) is 5.68. The van der Waals surface area contributed by atoms with Crippen molar-refractivity contribution >= 4 is 10.8 Å². The highest BCUT2D eigenvalue weighted by molar-refractivity contribution is 6.02. The molecule has 3 aromatic carbocycles. The number of aryl methyl sites for hydroxylation is 1. The van der Waals surface area contributed by atoms with Crippen LogP contribution in [-0.4, -0.2) is 12.1 Å². The normalized spacial score (nSPS) is 10.8. The van der Waals surface area contributed by atoms with Crippen LogP contribution in [0.4, 0.5) is 0 Å². The molecule has 4 aromatic rings. The van der Waals surface area contributed by atoms with Crippen LogP contribution in [0.5, 0.6) is 5.75 Å². The first-order valence-corrected chi connectivity index (χ1v) is 8.35. The van der Waals surface area contributed by atoms with Gasteiger partial charge in [0.15, 0.2) is 0 Å². The van der Waals surface area contributed by atoms with Crippen molar-refractivity contribution in [2.24, 2.45) is 0 Å². The summed E-state index contributed by atoms with van der Waals surface area (Å²) in [5, 5.41) is 2.36. The van der Waals surface area contributed by atoms with Gasteiger partial charge in [0.2, 0.25) is 0 Å². The van der Waals surface area contributed by atoms with Gasteiger partial charge in [0.1, 0.15) is 5.75 Å². The van der Waals surface area contributed by atoms with Crippen LogP contribution < -0.4 is 4.74 Å². The van der Waals surface area contributed by atoms with Gasteiger partial charge in [0, 0.05) is 22.7 Å². The minimum atomic E-state index is 0.849. The first-order chi connectivity index (χ1) is 12.3. The van der Waals surface area contributed by atoms with Crippen LogP contribution in [0.1, 0.15) is 5.56 Å². The van der Waals surface area contributed by atoms with E-state index >= 15 is 0 Å². The Morgan fingerprint density at radius 3 is 2.16 bits per heavy atom. The summed E-state index contributed by atoms with van der Waals surface area (Å²) in [6, 6.07) is 25.1. The number of aromatic nitrogens is 1. The van der Waals surface area contributed by atoms with Gasteiger partial charge >= 0.3 is 0 Å². The van der Waals surface area contributed by atoms with E-state index in [0.717, 1.165) is 22.4 Å². The van der Waals surface area contributed by atoms with Gasteiger partial charge in [-0.1, -0.05) is 54.1 Å².